The van der Waals surface area contributed by atoms with Crippen molar-refractivity contribution in [1.82, 2.24) is 15.1 Å². The number of nitrogens with one attached hydrogen (secondary N) is 1. The molecule has 0 bridgehead atoms. The van der Waals surface area contributed by atoms with Crippen LogP contribution < -0.4 is 19.5 Å². The van der Waals surface area contributed by atoms with Crippen molar-refractivity contribution in [3.8, 4) is 22.9 Å². The molecule has 7 nitrogen and oxygen atoms in total. The lowest BCUT2D eigenvalue weighted by molar-refractivity contribution is 0.0948. The van der Waals surface area contributed by atoms with Crippen LogP contribution in [0.4, 0.5) is 0 Å². The number of carbonyl (C=O) groups is 1. The molecule has 1 heterocycles. The summed E-state index contributed by atoms with van der Waals surface area (Å²) in [6.07, 6.45) is 2.44. The van der Waals surface area contributed by atoms with Crippen LogP contribution in [0, 0.1) is 0 Å². The first kappa shape index (κ1) is 21.2. The van der Waals surface area contributed by atoms with Crippen LogP contribution in [0.3, 0.4) is 0 Å². The van der Waals surface area contributed by atoms with Crippen molar-refractivity contribution in [2.24, 2.45) is 0 Å². The number of hydrogen-bond acceptors (Lipinski definition) is 5. The van der Waals surface area contributed by atoms with Gasteiger partial charge in [-0.05, 0) is 68.3 Å². The van der Waals surface area contributed by atoms with E-state index in [1.807, 2.05) is 56.3 Å². The Bertz CT molecular complexity index is 967. The fourth-order valence-electron chi connectivity index (χ4n) is 2.99. The second kappa shape index (κ2) is 10.3. The molecule has 0 spiro atoms. The van der Waals surface area contributed by atoms with Gasteiger partial charge in [-0.1, -0.05) is 6.07 Å². The van der Waals surface area contributed by atoms with Gasteiger partial charge in [-0.2, -0.15) is 5.10 Å². The van der Waals surface area contributed by atoms with Gasteiger partial charge in [0.1, 0.15) is 5.75 Å². The van der Waals surface area contributed by atoms with Gasteiger partial charge in [-0.15, -0.1) is 0 Å². The molecule has 0 aliphatic rings. The number of rotatable bonds is 10. The zero-order valence-corrected chi connectivity index (χ0v) is 17.6. The molecule has 2 aromatic carbocycles. The average Bonchev–Trinajstić information content (AvgIpc) is 3.26. The Balaban J connectivity index is 1.57. The van der Waals surface area contributed by atoms with Gasteiger partial charge in [-0.25, -0.2) is 4.68 Å². The fourth-order valence-corrected chi connectivity index (χ4v) is 2.99. The Morgan fingerprint density at radius 2 is 1.73 bits per heavy atom. The second-order valence-electron chi connectivity index (χ2n) is 6.50. The van der Waals surface area contributed by atoms with Crippen molar-refractivity contribution >= 4 is 5.91 Å². The van der Waals surface area contributed by atoms with Crippen LogP contribution in [0.5, 0.6) is 17.2 Å². The molecule has 0 atom stereocenters. The van der Waals surface area contributed by atoms with Crippen molar-refractivity contribution in [3.05, 3.63) is 66.0 Å². The molecule has 1 aromatic heterocycles. The number of benzene rings is 2. The largest absolute Gasteiger partial charge is 0.497 e. The van der Waals surface area contributed by atoms with Crippen LogP contribution in [-0.4, -0.2) is 42.6 Å². The van der Waals surface area contributed by atoms with Crippen molar-refractivity contribution in [1.29, 1.82) is 0 Å². The standard InChI is InChI=1S/C23H27N3O4/c1-4-29-21-11-6-17(16-22(21)30-5-2)12-14-24-23(27)20-13-15-26(25-20)18-7-9-19(28-3)10-8-18/h6-11,13,15-16H,4-5,12,14H2,1-3H3,(H,24,27). The molecule has 3 aromatic rings. The van der Waals surface area contributed by atoms with E-state index in [0.29, 0.717) is 31.9 Å². The lowest BCUT2D eigenvalue weighted by Crippen LogP contribution is -2.26. The summed E-state index contributed by atoms with van der Waals surface area (Å²) in [6.45, 7) is 5.52. The highest BCUT2D eigenvalue weighted by Crippen LogP contribution is 2.28. The van der Waals surface area contributed by atoms with Gasteiger partial charge in [0, 0.05) is 12.7 Å². The molecule has 3 rings (SSSR count). The third kappa shape index (κ3) is 5.31. The molecule has 0 aliphatic carbocycles. The molecule has 158 valence electrons. The lowest BCUT2D eigenvalue weighted by Gasteiger charge is -2.12. The van der Waals surface area contributed by atoms with Gasteiger partial charge in [-0.3, -0.25) is 4.79 Å². The number of amides is 1. The number of methoxy groups -OCH3 is 1. The number of carbonyl (C=O) groups excluding carboxylic acids is 1. The Morgan fingerprint density at radius 3 is 2.43 bits per heavy atom. The lowest BCUT2D eigenvalue weighted by atomic mass is 10.1. The van der Waals surface area contributed by atoms with Crippen LogP contribution in [0.2, 0.25) is 0 Å². The first-order valence-electron chi connectivity index (χ1n) is 10.0. The number of aromatic nitrogens is 2. The number of ether oxygens (including phenoxy) is 3. The zero-order valence-electron chi connectivity index (χ0n) is 17.6. The van der Waals surface area contributed by atoms with E-state index in [4.69, 9.17) is 14.2 Å². The third-order valence-corrected chi connectivity index (χ3v) is 4.47. The van der Waals surface area contributed by atoms with Crippen LogP contribution in [0.15, 0.2) is 54.7 Å². The van der Waals surface area contributed by atoms with Crippen molar-refractivity contribution in [2.45, 2.75) is 20.3 Å². The molecule has 0 radical (unpaired) electrons. The molecule has 0 saturated heterocycles. The minimum atomic E-state index is -0.210. The minimum Gasteiger partial charge on any atom is -0.497 e. The third-order valence-electron chi connectivity index (χ3n) is 4.47. The fraction of sp³-hybridized carbons (Fsp3) is 0.304. The highest BCUT2D eigenvalue weighted by Gasteiger charge is 2.11. The maximum Gasteiger partial charge on any atom is 0.271 e. The quantitative estimate of drug-likeness (QED) is 0.553. The maximum absolute atomic E-state index is 12.4. The van der Waals surface area contributed by atoms with Gasteiger partial charge in [0.25, 0.3) is 5.91 Å². The predicted molar refractivity (Wildman–Crippen MR) is 115 cm³/mol. The number of nitrogens with zero attached hydrogens (tertiary/aromatic N) is 2. The normalized spacial score (nSPS) is 10.5. The van der Waals surface area contributed by atoms with Crippen molar-refractivity contribution in [3.63, 3.8) is 0 Å². The Hall–Kier alpha value is -3.48. The molecule has 0 aliphatic heterocycles. The first-order valence-corrected chi connectivity index (χ1v) is 10.0. The minimum absolute atomic E-state index is 0.210. The predicted octanol–water partition coefficient (Wildman–Crippen LogP) is 3.65. The molecule has 7 heteroatoms. The molecule has 1 N–H and O–H groups in total. The maximum atomic E-state index is 12.4. The van der Waals surface area contributed by atoms with E-state index < -0.39 is 0 Å². The van der Waals surface area contributed by atoms with Gasteiger partial charge in [0.05, 0.1) is 26.0 Å². The summed E-state index contributed by atoms with van der Waals surface area (Å²) in [5.74, 6) is 2.02. The van der Waals surface area contributed by atoms with Gasteiger partial charge >= 0.3 is 0 Å². The van der Waals surface area contributed by atoms with Gasteiger partial charge < -0.3 is 19.5 Å². The first-order chi connectivity index (χ1) is 14.6. The molecular formula is C23H27N3O4. The van der Waals surface area contributed by atoms with E-state index in [2.05, 4.69) is 10.4 Å². The van der Waals surface area contributed by atoms with Crippen LogP contribution in [0.25, 0.3) is 5.69 Å². The van der Waals surface area contributed by atoms with Gasteiger partial charge in [0.15, 0.2) is 17.2 Å². The van der Waals surface area contributed by atoms with Crippen molar-refractivity contribution in [2.75, 3.05) is 26.9 Å². The molecule has 0 fully saturated rings. The topological polar surface area (TPSA) is 74.6 Å². The van der Waals surface area contributed by atoms with Crippen LogP contribution >= 0.6 is 0 Å². The molecule has 30 heavy (non-hydrogen) atoms. The molecule has 0 unspecified atom stereocenters. The van der Waals surface area contributed by atoms with Crippen molar-refractivity contribution < 1.29 is 19.0 Å². The van der Waals surface area contributed by atoms with E-state index in [-0.39, 0.29) is 5.91 Å². The van der Waals surface area contributed by atoms with E-state index >= 15 is 0 Å². The van der Waals surface area contributed by atoms with E-state index in [1.54, 1.807) is 24.1 Å². The van der Waals surface area contributed by atoms with E-state index in [1.165, 1.54) is 0 Å². The van der Waals surface area contributed by atoms with Crippen LogP contribution in [0.1, 0.15) is 29.9 Å². The summed E-state index contributed by atoms with van der Waals surface area (Å²) in [5.41, 5.74) is 2.28. The van der Waals surface area contributed by atoms with E-state index in [0.717, 1.165) is 28.5 Å². The highest BCUT2D eigenvalue weighted by atomic mass is 16.5. The summed E-state index contributed by atoms with van der Waals surface area (Å²) in [5, 5.41) is 7.27. The summed E-state index contributed by atoms with van der Waals surface area (Å²) >= 11 is 0. The number of hydrogen-bond donors (Lipinski definition) is 1. The smallest absolute Gasteiger partial charge is 0.271 e. The Morgan fingerprint density at radius 1 is 1.00 bits per heavy atom. The molecular weight excluding hydrogens is 382 g/mol. The van der Waals surface area contributed by atoms with Gasteiger partial charge in [0.2, 0.25) is 0 Å². The van der Waals surface area contributed by atoms with E-state index in [9.17, 15) is 4.79 Å². The average molecular weight is 409 g/mol. The summed E-state index contributed by atoms with van der Waals surface area (Å²) in [7, 11) is 1.62. The SMILES string of the molecule is CCOc1ccc(CCNC(=O)c2ccn(-c3ccc(OC)cc3)n2)cc1OCC. The zero-order chi connectivity index (χ0) is 21.3. The summed E-state index contributed by atoms with van der Waals surface area (Å²) in [6, 6.07) is 15.0. The second-order valence-corrected chi connectivity index (χ2v) is 6.50. The highest BCUT2D eigenvalue weighted by molar-refractivity contribution is 5.92. The Labute approximate surface area is 176 Å². The van der Waals surface area contributed by atoms with Crippen LogP contribution in [-0.2, 0) is 6.42 Å². The molecule has 0 saturated carbocycles. The monoisotopic (exact) mass is 409 g/mol. The summed E-state index contributed by atoms with van der Waals surface area (Å²) in [4.78, 5) is 12.4. The Kier molecular flexibility index (Phi) is 7.32. The molecule has 1 amide bonds. The summed E-state index contributed by atoms with van der Waals surface area (Å²) < 4.78 is 18.1.